The van der Waals surface area contributed by atoms with Gasteiger partial charge >= 0.3 is 5.97 Å². The molecule has 2 heterocycles. The molecule has 0 N–H and O–H groups in total. The lowest BCUT2D eigenvalue weighted by molar-refractivity contribution is -0.135. The van der Waals surface area contributed by atoms with Crippen LogP contribution in [0.15, 0.2) is 5.57 Å². The van der Waals surface area contributed by atoms with E-state index in [2.05, 4.69) is 9.84 Å². The van der Waals surface area contributed by atoms with E-state index in [9.17, 15) is 13.2 Å². The van der Waals surface area contributed by atoms with Crippen molar-refractivity contribution >= 4 is 33.5 Å². The van der Waals surface area contributed by atoms with E-state index in [4.69, 9.17) is 16.9 Å². The van der Waals surface area contributed by atoms with Crippen molar-refractivity contribution in [2.45, 2.75) is 19.4 Å². The monoisotopic (exact) mass is 343 g/mol. The summed E-state index contributed by atoms with van der Waals surface area (Å²) in [6.07, 6.45) is 1.74. The zero-order chi connectivity index (χ0) is 16.5. The molecule has 2 rings (SSSR count). The summed E-state index contributed by atoms with van der Waals surface area (Å²) >= 11 is 6.25. The molecule has 7 nitrogen and oxygen atoms in total. The van der Waals surface area contributed by atoms with E-state index in [1.807, 2.05) is 0 Å². The molecule has 1 aromatic heterocycles. The molecule has 1 aliphatic rings. The molecular formula is C13H14ClN3O4S. The Morgan fingerprint density at radius 3 is 2.77 bits per heavy atom. The predicted molar refractivity (Wildman–Crippen MR) is 79.9 cm³/mol. The third-order valence-electron chi connectivity index (χ3n) is 3.44. The first-order valence-electron chi connectivity index (χ1n) is 6.44. The summed E-state index contributed by atoms with van der Waals surface area (Å²) in [5.41, 5.74) is 0.713. The lowest BCUT2D eigenvalue weighted by Crippen LogP contribution is -2.12. The summed E-state index contributed by atoms with van der Waals surface area (Å²) in [6, 6.07) is 1.41. The molecule has 0 unspecified atom stereocenters. The highest BCUT2D eigenvalue weighted by Gasteiger charge is 2.32. The Morgan fingerprint density at radius 2 is 2.27 bits per heavy atom. The first kappa shape index (κ1) is 16.5. The topological polar surface area (TPSA) is 102 Å². The molecule has 1 saturated heterocycles. The maximum absolute atomic E-state index is 11.6. The van der Waals surface area contributed by atoms with Crippen molar-refractivity contribution in [3.63, 3.8) is 0 Å². The molecule has 0 aliphatic carbocycles. The normalized spacial score (nSPS) is 20.6. The number of aryl methyl sites for hydroxylation is 1. The second-order valence-corrected chi connectivity index (χ2v) is 7.54. The number of carbonyl (C=O) groups is 1. The number of esters is 1. The van der Waals surface area contributed by atoms with Gasteiger partial charge < -0.3 is 4.74 Å². The summed E-state index contributed by atoms with van der Waals surface area (Å²) in [5, 5.41) is 13.4. The molecule has 118 valence electrons. The third-order valence-corrected chi connectivity index (χ3v) is 5.57. The number of carbonyl (C=O) groups excluding carboxylic acids is 1. The lowest BCUT2D eigenvalue weighted by atomic mass is 10.1. The van der Waals surface area contributed by atoms with Crippen LogP contribution >= 0.6 is 11.6 Å². The van der Waals surface area contributed by atoms with Gasteiger partial charge in [-0.05, 0) is 19.4 Å². The Labute approximate surface area is 133 Å². The Morgan fingerprint density at radius 1 is 1.59 bits per heavy atom. The van der Waals surface area contributed by atoms with Gasteiger partial charge in [0.25, 0.3) is 0 Å². The van der Waals surface area contributed by atoms with Gasteiger partial charge in [0.15, 0.2) is 9.84 Å². The molecule has 0 saturated carbocycles. The summed E-state index contributed by atoms with van der Waals surface area (Å²) in [6.45, 7) is 1.67. The summed E-state index contributed by atoms with van der Waals surface area (Å²) in [7, 11) is -1.90. The summed E-state index contributed by atoms with van der Waals surface area (Å²) in [5.74, 6) is -0.683. The van der Waals surface area contributed by atoms with Crippen LogP contribution in [0.1, 0.15) is 23.7 Å². The van der Waals surface area contributed by atoms with E-state index in [-0.39, 0.29) is 28.3 Å². The number of rotatable bonds is 3. The number of nitrogens with zero attached hydrogens (tertiary/aromatic N) is 3. The van der Waals surface area contributed by atoms with Crippen molar-refractivity contribution in [1.29, 1.82) is 5.26 Å². The van der Waals surface area contributed by atoms with Crippen molar-refractivity contribution < 1.29 is 17.9 Å². The van der Waals surface area contributed by atoms with E-state index >= 15 is 0 Å². The minimum absolute atomic E-state index is 0.0148. The smallest absolute Gasteiger partial charge is 0.348 e. The molecule has 22 heavy (non-hydrogen) atoms. The van der Waals surface area contributed by atoms with Gasteiger partial charge in [-0.3, -0.25) is 0 Å². The van der Waals surface area contributed by atoms with E-state index in [0.717, 1.165) is 0 Å². The minimum atomic E-state index is -3.07. The van der Waals surface area contributed by atoms with Crippen LogP contribution in [-0.2, 0) is 19.4 Å². The molecule has 0 spiro atoms. The standard InChI is InChI=1S/C13H14ClN3O4S/c1-8-11(5-9(6-15)13(18)21-2)12(14)17(16-8)10-3-4-22(19,20)7-10/h5,10H,3-4,7H2,1-2H3/b9-5+/t10-/m0/s1. The van der Waals surface area contributed by atoms with Gasteiger partial charge in [0, 0.05) is 5.56 Å². The fourth-order valence-electron chi connectivity index (χ4n) is 2.30. The number of hydrogen-bond acceptors (Lipinski definition) is 6. The number of methoxy groups -OCH3 is 1. The van der Waals surface area contributed by atoms with E-state index in [1.54, 1.807) is 13.0 Å². The van der Waals surface area contributed by atoms with Crippen LogP contribution in [0.5, 0.6) is 0 Å². The Kier molecular flexibility index (Phi) is 4.58. The van der Waals surface area contributed by atoms with Crippen LogP contribution in [0, 0.1) is 18.3 Å². The predicted octanol–water partition coefficient (Wildman–Crippen LogP) is 1.28. The van der Waals surface area contributed by atoms with Crippen molar-refractivity contribution in [1.82, 2.24) is 9.78 Å². The van der Waals surface area contributed by atoms with Crippen molar-refractivity contribution in [2.24, 2.45) is 0 Å². The fraction of sp³-hybridized carbons (Fsp3) is 0.462. The number of sulfone groups is 1. The highest BCUT2D eigenvalue weighted by Crippen LogP contribution is 2.31. The van der Waals surface area contributed by atoms with Gasteiger partial charge in [0.1, 0.15) is 16.8 Å². The summed E-state index contributed by atoms with van der Waals surface area (Å²) < 4.78 is 29.1. The lowest BCUT2D eigenvalue weighted by Gasteiger charge is -2.09. The maximum atomic E-state index is 11.6. The van der Waals surface area contributed by atoms with Gasteiger partial charge in [0.05, 0.1) is 30.4 Å². The van der Waals surface area contributed by atoms with E-state index in [1.165, 1.54) is 17.9 Å². The van der Waals surface area contributed by atoms with Crippen LogP contribution < -0.4 is 0 Å². The first-order valence-corrected chi connectivity index (χ1v) is 8.64. The molecule has 1 aromatic rings. The molecule has 0 radical (unpaired) electrons. The van der Waals surface area contributed by atoms with E-state index in [0.29, 0.717) is 17.7 Å². The number of halogens is 1. The molecule has 1 aliphatic heterocycles. The Balaban J connectivity index is 2.42. The molecule has 0 bridgehead atoms. The Bertz CT molecular complexity index is 789. The van der Waals surface area contributed by atoms with E-state index < -0.39 is 15.8 Å². The zero-order valence-corrected chi connectivity index (χ0v) is 13.6. The second kappa shape index (κ2) is 6.10. The molecule has 9 heteroatoms. The molecule has 0 amide bonds. The van der Waals surface area contributed by atoms with Gasteiger partial charge in [-0.2, -0.15) is 10.4 Å². The molecule has 1 atom stereocenters. The van der Waals surface area contributed by atoms with Crippen LogP contribution in [0.25, 0.3) is 6.08 Å². The number of nitriles is 1. The van der Waals surface area contributed by atoms with Crippen molar-refractivity contribution in [3.05, 3.63) is 22.0 Å². The minimum Gasteiger partial charge on any atom is -0.465 e. The zero-order valence-electron chi connectivity index (χ0n) is 12.0. The highest BCUT2D eigenvalue weighted by molar-refractivity contribution is 7.91. The first-order chi connectivity index (χ1) is 10.3. The Hall–Kier alpha value is -1.85. The quantitative estimate of drug-likeness (QED) is 0.465. The van der Waals surface area contributed by atoms with Gasteiger partial charge in [-0.15, -0.1) is 0 Å². The van der Waals surface area contributed by atoms with Gasteiger partial charge in [-0.1, -0.05) is 11.6 Å². The SMILES string of the molecule is COC(=O)/C(C#N)=C/c1c(C)nn([C@H]2CCS(=O)(=O)C2)c1Cl. The molecule has 0 aromatic carbocycles. The third kappa shape index (κ3) is 3.15. The average Bonchev–Trinajstić information content (AvgIpc) is 2.96. The number of hydrogen-bond donors (Lipinski definition) is 0. The van der Waals surface area contributed by atoms with Crippen LogP contribution in [-0.4, -0.2) is 42.8 Å². The van der Waals surface area contributed by atoms with Gasteiger partial charge in [-0.25, -0.2) is 17.9 Å². The molecular weight excluding hydrogens is 330 g/mol. The van der Waals surface area contributed by atoms with Crippen LogP contribution in [0.2, 0.25) is 5.15 Å². The maximum Gasteiger partial charge on any atom is 0.348 e. The van der Waals surface area contributed by atoms with Crippen LogP contribution in [0.3, 0.4) is 0 Å². The highest BCUT2D eigenvalue weighted by atomic mass is 35.5. The second-order valence-electron chi connectivity index (χ2n) is 4.95. The van der Waals surface area contributed by atoms with Crippen LogP contribution in [0.4, 0.5) is 0 Å². The largest absolute Gasteiger partial charge is 0.465 e. The average molecular weight is 344 g/mol. The number of aromatic nitrogens is 2. The fourth-order valence-corrected chi connectivity index (χ4v) is 4.36. The summed E-state index contributed by atoms with van der Waals surface area (Å²) in [4.78, 5) is 11.5. The van der Waals surface area contributed by atoms with Crippen molar-refractivity contribution in [2.75, 3.05) is 18.6 Å². The number of ether oxygens (including phenoxy) is 1. The van der Waals surface area contributed by atoms with Crippen molar-refractivity contribution in [3.8, 4) is 6.07 Å². The molecule has 1 fully saturated rings. The van der Waals surface area contributed by atoms with Gasteiger partial charge in [0.2, 0.25) is 0 Å².